The Morgan fingerprint density at radius 3 is 2.81 bits per heavy atom. The van der Waals surface area contributed by atoms with Crippen LogP contribution >= 0.6 is 11.6 Å². The fourth-order valence-corrected chi connectivity index (χ4v) is 2.69. The Balaban J connectivity index is 2.06. The molecule has 1 spiro atoms. The lowest BCUT2D eigenvalue weighted by atomic mass is 9.74. The van der Waals surface area contributed by atoms with Crippen molar-refractivity contribution in [1.82, 2.24) is 0 Å². The van der Waals surface area contributed by atoms with Crippen molar-refractivity contribution in [3.8, 4) is 0 Å². The Labute approximate surface area is 99.2 Å². The van der Waals surface area contributed by atoms with E-state index in [1.54, 1.807) is 0 Å². The van der Waals surface area contributed by atoms with E-state index in [0.29, 0.717) is 11.4 Å². The fourth-order valence-electron chi connectivity index (χ4n) is 2.47. The SMILES string of the molecule is O=C1CC2(CCC2)Nc2c(Cl)cccc2N1. The van der Waals surface area contributed by atoms with Crippen LogP contribution in [0.2, 0.25) is 5.02 Å². The summed E-state index contributed by atoms with van der Waals surface area (Å²) in [5, 5.41) is 7.03. The maximum Gasteiger partial charge on any atom is 0.226 e. The third kappa shape index (κ3) is 1.47. The number of hydrogen-bond acceptors (Lipinski definition) is 2. The van der Waals surface area contributed by atoms with E-state index in [2.05, 4.69) is 10.6 Å². The molecule has 1 heterocycles. The van der Waals surface area contributed by atoms with Crippen LogP contribution in [0.3, 0.4) is 0 Å². The van der Waals surface area contributed by atoms with E-state index in [9.17, 15) is 4.79 Å². The van der Waals surface area contributed by atoms with Crippen LogP contribution in [0.4, 0.5) is 11.4 Å². The Kier molecular flexibility index (Phi) is 2.11. The summed E-state index contributed by atoms with van der Waals surface area (Å²) >= 11 is 6.16. The zero-order chi connectivity index (χ0) is 11.2. The molecule has 0 aromatic heterocycles. The van der Waals surface area contributed by atoms with Gasteiger partial charge in [-0.25, -0.2) is 0 Å². The molecule has 0 unspecified atom stereocenters. The molecule has 2 N–H and O–H groups in total. The summed E-state index contributed by atoms with van der Waals surface area (Å²) in [6.07, 6.45) is 3.81. The van der Waals surface area contributed by atoms with Crippen LogP contribution in [0.5, 0.6) is 0 Å². The second kappa shape index (κ2) is 3.39. The minimum absolute atomic E-state index is 0.0552. The van der Waals surface area contributed by atoms with Gasteiger partial charge in [-0.05, 0) is 31.4 Å². The van der Waals surface area contributed by atoms with Gasteiger partial charge in [-0.1, -0.05) is 17.7 Å². The second-order valence-corrected chi connectivity index (χ2v) is 5.05. The molecule has 2 aliphatic rings. The molecular weight excluding hydrogens is 224 g/mol. The number of anilines is 2. The standard InChI is InChI=1S/C12H13ClN2O/c13-8-3-1-4-9-11(8)15-12(5-2-6-12)7-10(16)14-9/h1,3-4,15H,2,5-7H2,(H,14,16). The first-order valence-electron chi connectivity index (χ1n) is 5.55. The predicted molar refractivity (Wildman–Crippen MR) is 64.9 cm³/mol. The van der Waals surface area contributed by atoms with Crippen molar-refractivity contribution in [2.24, 2.45) is 0 Å². The summed E-state index contributed by atoms with van der Waals surface area (Å²) < 4.78 is 0. The smallest absolute Gasteiger partial charge is 0.226 e. The third-order valence-corrected chi connectivity index (χ3v) is 3.80. The Bertz CT molecular complexity index is 454. The molecule has 1 fully saturated rings. The Morgan fingerprint density at radius 2 is 2.12 bits per heavy atom. The van der Waals surface area contributed by atoms with Gasteiger partial charge in [-0.3, -0.25) is 4.79 Å². The number of benzene rings is 1. The molecule has 84 valence electrons. The Morgan fingerprint density at radius 1 is 1.31 bits per heavy atom. The number of rotatable bonds is 0. The topological polar surface area (TPSA) is 41.1 Å². The molecule has 1 aromatic carbocycles. The van der Waals surface area contributed by atoms with Gasteiger partial charge in [-0.15, -0.1) is 0 Å². The highest BCUT2D eigenvalue weighted by atomic mass is 35.5. The van der Waals surface area contributed by atoms with E-state index in [-0.39, 0.29) is 11.4 Å². The van der Waals surface area contributed by atoms with Crippen LogP contribution in [-0.2, 0) is 4.79 Å². The summed E-state index contributed by atoms with van der Waals surface area (Å²) in [5.74, 6) is 0.0771. The van der Waals surface area contributed by atoms with E-state index >= 15 is 0 Å². The molecule has 16 heavy (non-hydrogen) atoms. The molecule has 4 heteroatoms. The van der Waals surface area contributed by atoms with Gasteiger partial charge in [0.1, 0.15) is 0 Å². The fraction of sp³-hybridized carbons (Fsp3) is 0.417. The first-order valence-corrected chi connectivity index (χ1v) is 5.93. The van der Waals surface area contributed by atoms with E-state index in [1.165, 1.54) is 6.42 Å². The van der Waals surface area contributed by atoms with Gasteiger partial charge in [0.2, 0.25) is 5.91 Å². The number of carbonyl (C=O) groups excluding carboxylic acids is 1. The van der Waals surface area contributed by atoms with Crippen molar-refractivity contribution >= 4 is 28.9 Å². The van der Waals surface area contributed by atoms with Crippen LogP contribution in [0.25, 0.3) is 0 Å². The van der Waals surface area contributed by atoms with E-state index in [4.69, 9.17) is 11.6 Å². The first kappa shape index (κ1) is 9.97. The summed E-state index contributed by atoms with van der Waals surface area (Å²) in [7, 11) is 0. The zero-order valence-corrected chi connectivity index (χ0v) is 9.60. The van der Waals surface area contributed by atoms with Crippen molar-refractivity contribution in [3.63, 3.8) is 0 Å². The molecule has 0 radical (unpaired) electrons. The van der Waals surface area contributed by atoms with Gasteiger partial charge in [0, 0.05) is 12.0 Å². The summed E-state index contributed by atoms with van der Waals surface area (Å²) in [5.41, 5.74) is 1.61. The highest BCUT2D eigenvalue weighted by molar-refractivity contribution is 6.34. The van der Waals surface area contributed by atoms with Crippen LogP contribution in [0.15, 0.2) is 18.2 Å². The molecule has 0 bridgehead atoms. The average Bonchev–Trinajstić information content (AvgIpc) is 2.34. The number of para-hydroxylation sites is 1. The summed E-state index contributed by atoms with van der Waals surface area (Å²) in [6.45, 7) is 0. The van der Waals surface area contributed by atoms with E-state index < -0.39 is 0 Å². The normalized spacial score (nSPS) is 21.4. The van der Waals surface area contributed by atoms with E-state index in [0.717, 1.165) is 24.2 Å². The number of halogens is 1. The molecule has 3 rings (SSSR count). The largest absolute Gasteiger partial charge is 0.376 e. The molecule has 0 saturated heterocycles. The molecular formula is C12H13ClN2O. The quantitative estimate of drug-likeness (QED) is 0.727. The first-order chi connectivity index (χ1) is 7.69. The highest BCUT2D eigenvalue weighted by Crippen LogP contribution is 2.44. The predicted octanol–water partition coefficient (Wildman–Crippen LogP) is 3.02. The van der Waals surface area contributed by atoms with Gasteiger partial charge in [0.15, 0.2) is 0 Å². The minimum Gasteiger partial charge on any atom is -0.376 e. The summed E-state index contributed by atoms with van der Waals surface area (Å²) in [4.78, 5) is 11.8. The van der Waals surface area contributed by atoms with Gasteiger partial charge < -0.3 is 10.6 Å². The van der Waals surface area contributed by atoms with Gasteiger partial charge >= 0.3 is 0 Å². The van der Waals surface area contributed by atoms with Crippen LogP contribution in [-0.4, -0.2) is 11.4 Å². The van der Waals surface area contributed by atoms with Crippen molar-refractivity contribution in [2.45, 2.75) is 31.2 Å². The maximum atomic E-state index is 11.8. The molecule has 1 aliphatic carbocycles. The minimum atomic E-state index is -0.0552. The van der Waals surface area contributed by atoms with Crippen molar-refractivity contribution in [2.75, 3.05) is 10.6 Å². The molecule has 1 saturated carbocycles. The van der Waals surface area contributed by atoms with Crippen LogP contribution < -0.4 is 10.6 Å². The number of fused-ring (bicyclic) bond motifs is 1. The van der Waals surface area contributed by atoms with Gasteiger partial charge in [0.25, 0.3) is 0 Å². The zero-order valence-electron chi connectivity index (χ0n) is 8.85. The highest BCUT2D eigenvalue weighted by Gasteiger charge is 2.41. The lowest BCUT2D eigenvalue weighted by molar-refractivity contribution is -0.117. The van der Waals surface area contributed by atoms with Gasteiger partial charge in [-0.2, -0.15) is 0 Å². The molecule has 1 amide bonds. The molecule has 3 nitrogen and oxygen atoms in total. The lowest BCUT2D eigenvalue weighted by Gasteiger charge is -2.42. The number of nitrogens with one attached hydrogen (secondary N) is 2. The van der Waals surface area contributed by atoms with Gasteiger partial charge in [0.05, 0.1) is 16.4 Å². The van der Waals surface area contributed by atoms with E-state index in [1.807, 2.05) is 18.2 Å². The maximum absolute atomic E-state index is 11.8. The molecule has 0 atom stereocenters. The number of carbonyl (C=O) groups is 1. The summed E-state index contributed by atoms with van der Waals surface area (Å²) in [6, 6.07) is 5.57. The van der Waals surface area contributed by atoms with Crippen molar-refractivity contribution in [1.29, 1.82) is 0 Å². The van der Waals surface area contributed by atoms with Crippen LogP contribution in [0, 0.1) is 0 Å². The van der Waals surface area contributed by atoms with Crippen molar-refractivity contribution in [3.05, 3.63) is 23.2 Å². The third-order valence-electron chi connectivity index (χ3n) is 3.49. The molecule has 1 aromatic rings. The lowest BCUT2D eigenvalue weighted by Crippen LogP contribution is -2.46. The average molecular weight is 237 g/mol. The number of hydrogen-bond donors (Lipinski definition) is 2. The number of amides is 1. The van der Waals surface area contributed by atoms with Crippen LogP contribution in [0.1, 0.15) is 25.7 Å². The molecule has 1 aliphatic heterocycles. The van der Waals surface area contributed by atoms with Crippen molar-refractivity contribution < 1.29 is 4.79 Å². The Hall–Kier alpha value is -1.22. The monoisotopic (exact) mass is 236 g/mol. The second-order valence-electron chi connectivity index (χ2n) is 4.65.